The Morgan fingerprint density at radius 2 is 2.24 bits per heavy atom. The maximum atomic E-state index is 11.2. The van der Waals surface area contributed by atoms with Crippen LogP contribution in [0.5, 0.6) is 0 Å². The first-order chi connectivity index (χ1) is 8.06. The van der Waals surface area contributed by atoms with Crippen molar-refractivity contribution in [3.63, 3.8) is 0 Å². The third kappa shape index (κ3) is 2.69. The van der Waals surface area contributed by atoms with E-state index in [2.05, 4.69) is 10.1 Å². The number of carbonyl (C=O) groups is 2. The van der Waals surface area contributed by atoms with Gasteiger partial charge in [0, 0.05) is 6.61 Å². The van der Waals surface area contributed by atoms with Gasteiger partial charge >= 0.3 is 12.1 Å². The maximum Gasteiger partial charge on any atom is 0.407 e. The standard InChI is InChI=1S/C11H17NO5/c1-16-10(15)12-8(9(13)14)7-2-5-17-11(6-7)3-4-11/h7-8H,2-6H2,1H3,(H,12,15)(H,13,14)/t7-,8+/m0/s1. The van der Waals surface area contributed by atoms with Gasteiger partial charge in [-0.05, 0) is 31.6 Å². The summed E-state index contributed by atoms with van der Waals surface area (Å²) in [7, 11) is 1.22. The number of hydrogen-bond acceptors (Lipinski definition) is 4. The summed E-state index contributed by atoms with van der Waals surface area (Å²) in [6.07, 6.45) is 2.65. The second kappa shape index (κ2) is 4.52. The average Bonchev–Trinajstić information content (AvgIpc) is 3.04. The van der Waals surface area contributed by atoms with Gasteiger partial charge < -0.3 is 19.9 Å². The van der Waals surface area contributed by atoms with Gasteiger partial charge in [-0.3, -0.25) is 0 Å². The summed E-state index contributed by atoms with van der Waals surface area (Å²) < 4.78 is 10.1. The molecule has 2 fully saturated rings. The van der Waals surface area contributed by atoms with E-state index in [4.69, 9.17) is 9.84 Å². The van der Waals surface area contributed by atoms with E-state index in [1.54, 1.807) is 0 Å². The number of aliphatic carboxylic acids is 1. The van der Waals surface area contributed by atoms with Crippen LogP contribution in [0.15, 0.2) is 0 Å². The maximum absolute atomic E-state index is 11.2. The third-order valence-corrected chi connectivity index (χ3v) is 3.53. The van der Waals surface area contributed by atoms with Crippen molar-refractivity contribution in [2.24, 2.45) is 5.92 Å². The highest BCUT2D eigenvalue weighted by Gasteiger charge is 2.50. The molecule has 96 valence electrons. The van der Waals surface area contributed by atoms with Gasteiger partial charge in [-0.1, -0.05) is 0 Å². The fourth-order valence-electron chi connectivity index (χ4n) is 2.41. The van der Waals surface area contributed by atoms with Crippen LogP contribution in [-0.4, -0.2) is 42.5 Å². The summed E-state index contributed by atoms with van der Waals surface area (Å²) in [6, 6.07) is -0.885. The van der Waals surface area contributed by atoms with E-state index in [-0.39, 0.29) is 11.5 Å². The van der Waals surface area contributed by atoms with Crippen molar-refractivity contribution < 1.29 is 24.2 Å². The van der Waals surface area contributed by atoms with E-state index in [0.29, 0.717) is 19.4 Å². The minimum atomic E-state index is -1.02. The third-order valence-electron chi connectivity index (χ3n) is 3.53. The molecule has 1 aliphatic heterocycles. The number of amides is 1. The molecule has 2 N–H and O–H groups in total. The van der Waals surface area contributed by atoms with Crippen LogP contribution in [0, 0.1) is 5.92 Å². The molecule has 0 aromatic heterocycles. The number of ether oxygens (including phenoxy) is 2. The first-order valence-corrected chi connectivity index (χ1v) is 5.77. The van der Waals surface area contributed by atoms with E-state index < -0.39 is 18.1 Å². The Morgan fingerprint density at radius 1 is 1.53 bits per heavy atom. The average molecular weight is 243 g/mol. The molecule has 2 atom stereocenters. The fraction of sp³-hybridized carbons (Fsp3) is 0.818. The van der Waals surface area contributed by atoms with Crippen LogP contribution in [0.4, 0.5) is 4.79 Å². The first kappa shape index (κ1) is 12.2. The molecule has 1 heterocycles. The summed E-state index contributed by atoms with van der Waals surface area (Å²) in [4.78, 5) is 22.3. The lowest BCUT2D eigenvalue weighted by molar-refractivity contribution is -0.142. The van der Waals surface area contributed by atoms with Crippen LogP contribution in [0.3, 0.4) is 0 Å². The van der Waals surface area contributed by atoms with E-state index in [0.717, 1.165) is 12.8 Å². The van der Waals surface area contributed by atoms with Gasteiger partial charge in [-0.25, -0.2) is 9.59 Å². The van der Waals surface area contributed by atoms with Crippen molar-refractivity contribution in [3.8, 4) is 0 Å². The summed E-state index contributed by atoms with van der Waals surface area (Å²) in [6.45, 7) is 0.567. The van der Waals surface area contributed by atoms with Crippen molar-refractivity contribution in [3.05, 3.63) is 0 Å². The molecule has 1 amide bonds. The zero-order valence-electron chi connectivity index (χ0n) is 9.77. The highest BCUT2D eigenvalue weighted by atomic mass is 16.5. The zero-order chi connectivity index (χ0) is 12.5. The Balaban J connectivity index is 1.99. The topological polar surface area (TPSA) is 84.9 Å². The van der Waals surface area contributed by atoms with Crippen LogP contribution >= 0.6 is 0 Å². The van der Waals surface area contributed by atoms with Gasteiger partial charge in [0.15, 0.2) is 0 Å². The van der Waals surface area contributed by atoms with Gasteiger partial charge in [-0.15, -0.1) is 0 Å². The molecule has 6 heteroatoms. The number of carboxylic acid groups (broad SMARTS) is 1. The normalized spacial score (nSPS) is 27.2. The highest BCUT2D eigenvalue weighted by molar-refractivity contribution is 5.80. The van der Waals surface area contributed by atoms with E-state index in [1.165, 1.54) is 7.11 Å². The number of alkyl carbamates (subject to hydrolysis) is 1. The second-order valence-corrected chi connectivity index (χ2v) is 4.74. The van der Waals surface area contributed by atoms with Crippen molar-refractivity contribution in [1.82, 2.24) is 5.32 Å². The van der Waals surface area contributed by atoms with Crippen LogP contribution in [-0.2, 0) is 14.3 Å². The summed E-state index contributed by atoms with van der Waals surface area (Å²) >= 11 is 0. The molecule has 0 unspecified atom stereocenters. The van der Waals surface area contributed by atoms with Crippen molar-refractivity contribution in [1.29, 1.82) is 0 Å². The molecule has 0 aromatic rings. The lowest BCUT2D eigenvalue weighted by Gasteiger charge is -2.33. The molecule has 17 heavy (non-hydrogen) atoms. The SMILES string of the molecule is COC(=O)N[C@@H](C(=O)O)[C@H]1CCOC2(CC2)C1. The van der Waals surface area contributed by atoms with Gasteiger partial charge in [0.1, 0.15) is 6.04 Å². The number of rotatable bonds is 3. The van der Waals surface area contributed by atoms with Crippen LogP contribution in [0.25, 0.3) is 0 Å². The second-order valence-electron chi connectivity index (χ2n) is 4.74. The molecule has 2 rings (SSSR count). The predicted octanol–water partition coefficient (Wildman–Crippen LogP) is 0.755. The van der Waals surface area contributed by atoms with E-state index in [9.17, 15) is 9.59 Å². The highest BCUT2D eigenvalue weighted by Crippen LogP contribution is 2.48. The predicted molar refractivity (Wildman–Crippen MR) is 57.6 cm³/mol. The molecule has 1 saturated carbocycles. The molecule has 1 spiro atoms. The molecule has 1 aliphatic carbocycles. The summed E-state index contributed by atoms with van der Waals surface area (Å²) in [5.41, 5.74) is -0.103. The Labute approximate surface area is 99.3 Å². The van der Waals surface area contributed by atoms with Crippen molar-refractivity contribution in [2.75, 3.05) is 13.7 Å². The Kier molecular flexibility index (Phi) is 3.24. The molecular weight excluding hydrogens is 226 g/mol. The van der Waals surface area contributed by atoms with Crippen molar-refractivity contribution in [2.45, 2.75) is 37.3 Å². The molecule has 0 radical (unpaired) electrons. The first-order valence-electron chi connectivity index (χ1n) is 5.77. The van der Waals surface area contributed by atoms with Crippen LogP contribution in [0.1, 0.15) is 25.7 Å². The number of hydrogen-bond donors (Lipinski definition) is 2. The molecule has 2 aliphatic rings. The van der Waals surface area contributed by atoms with E-state index >= 15 is 0 Å². The van der Waals surface area contributed by atoms with E-state index in [1.807, 2.05) is 0 Å². The van der Waals surface area contributed by atoms with Gasteiger partial charge in [-0.2, -0.15) is 0 Å². The Hall–Kier alpha value is -1.30. The summed E-state index contributed by atoms with van der Waals surface area (Å²) in [5, 5.41) is 11.5. The molecule has 0 bridgehead atoms. The summed E-state index contributed by atoms with van der Waals surface area (Å²) in [5.74, 6) is -1.10. The lowest BCUT2D eigenvalue weighted by atomic mass is 9.87. The number of nitrogens with one attached hydrogen (secondary N) is 1. The molecule has 6 nitrogen and oxygen atoms in total. The quantitative estimate of drug-likeness (QED) is 0.764. The molecule has 1 saturated heterocycles. The Bertz CT molecular complexity index is 326. The minimum absolute atomic E-state index is 0.0807. The van der Waals surface area contributed by atoms with Crippen molar-refractivity contribution >= 4 is 12.1 Å². The number of methoxy groups -OCH3 is 1. The minimum Gasteiger partial charge on any atom is -0.480 e. The number of carboxylic acids is 1. The molecular formula is C11H17NO5. The Morgan fingerprint density at radius 3 is 2.76 bits per heavy atom. The number of carbonyl (C=O) groups excluding carboxylic acids is 1. The zero-order valence-corrected chi connectivity index (χ0v) is 9.77. The monoisotopic (exact) mass is 243 g/mol. The smallest absolute Gasteiger partial charge is 0.407 e. The lowest BCUT2D eigenvalue weighted by Crippen LogP contribution is -2.49. The van der Waals surface area contributed by atoms with Crippen LogP contribution < -0.4 is 5.32 Å². The largest absolute Gasteiger partial charge is 0.480 e. The fourth-order valence-corrected chi connectivity index (χ4v) is 2.41. The van der Waals surface area contributed by atoms with Gasteiger partial charge in [0.05, 0.1) is 12.7 Å². The van der Waals surface area contributed by atoms with Gasteiger partial charge in [0.25, 0.3) is 0 Å². The molecule has 0 aromatic carbocycles. The van der Waals surface area contributed by atoms with Gasteiger partial charge in [0.2, 0.25) is 0 Å². The van der Waals surface area contributed by atoms with Crippen LogP contribution in [0.2, 0.25) is 0 Å².